The molecule has 0 aliphatic heterocycles. The van der Waals surface area contributed by atoms with Gasteiger partial charge in [-0.15, -0.1) is 11.8 Å². The summed E-state index contributed by atoms with van der Waals surface area (Å²) < 4.78 is 40.2. The summed E-state index contributed by atoms with van der Waals surface area (Å²) in [6, 6.07) is 18.9. The van der Waals surface area contributed by atoms with Crippen LogP contribution in [0.2, 0.25) is 0 Å². The lowest BCUT2D eigenvalue weighted by molar-refractivity contribution is -0.113. The molecule has 0 radical (unpaired) electrons. The fraction of sp³-hybridized carbons (Fsp3) is 0.0952. The minimum absolute atomic E-state index is 0.174. The molecule has 2 N–H and O–H groups in total. The Morgan fingerprint density at radius 3 is 2.10 bits per heavy atom. The van der Waals surface area contributed by atoms with Crippen molar-refractivity contribution < 1.29 is 17.6 Å². The van der Waals surface area contributed by atoms with Gasteiger partial charge in [-0.3, -0.25) is 9.52 Å². The highest BCUT2D eigenvalue weighted by atomic mass is 32.2. The molecule has 1 amide bonds. The average molecular weight is 431 g/mol. The van der Waals surface area contributed by atoms with E-state index in [1.165, 1.54) is 23.9 Å². The molecular formula is C21H19FN2O3S2. The number of rotatable bonds is 7. The van der Waals surface area contributed by atoms with E-state index in [1.807, 2.05) is 6.92 Å². The van der Waals surface area contributed by atoms with Gasteiger partial charge in [0.05, 0.1) is 10.6 Å². The zero-order valence-corrected chi connectivity index (χ0v) is 17.2. The molecule has 0 fully saturated rings. The molecule has 150 valence electrons. The standard InChI is InChI=1S/C21H19FN2O3S2/c1-15-2-12-20(13-3-15)29(26,27)24-18-8-6-17(7-9-18)23-21(25)14-28-19-10-4-16(22)5-11-19/h2-13,24H,14H2,1H3,(H,23,25). The highest BCUT2D eigenvalue weighted by molar-refractivity contribution is 8.00. The van der Waals surface area contributed by atoms with Crippen molar-refractivity contribution in [3.8, 4) is 0 Å². The van der Waals surface area contributed by atoms with Gasteiger partial charge in [0.25, 0.3) is 10.0 Å². The Balaban J connectivity index is 1.56. The molecule has 3 aromatic rings. The van der Waals surface area contributed by atoms with Crippen LogP contribution in [0.5, 0.6) is 0 Å². The smallest absolute Gasteiger partial charge is 0.261 e. The second-order valence-corrected chi connectivity index (χ2v) is 9.02. The Labute approximate surface area is 173 Å². The number of carbonyl (C=O) groups excluding carboxylic acids is 1. The summed E-state index contributed by atoms with van der Waals surface area (Å²) in [6.07, 6.45) is 0. The van der Waals surface area contributed by atoms with Crippen LogP contribution in [0.4, 0.5) is 15.8 Å². The van der Waals surface area contributed by atoms with E-state index >= 15 is 0 Å². The van der Waals surface area contributed by atoms with Crippen molar-refractivity contribution in [2.45, 2.75) is 16.7 Å². The molecular weight excluding hydrogens is 411 g/mol. The third-order valence-electron chi connectivity index (χ3n) is 3.94. The molecule has 29 heavy (non-hydrogen) atoms. The molecule has 0 aliphatic carbocycles. The Morgan fingerprint density at radius 2 is 1.48 bits per heavy atom. The van der Waals surface area contributed by atoms with Crippen LogP contribution in [0.15, 0.2) is 82.6 Å². The van der Waals surface area contributed by atoms with E-state index in [2.05, 4.69) is 10.0 Å². The number of carbonyl (C=O) groups is 1. The van der Waals surface area contributed by atoms with Crippen molar-refractivity contribution in [2.24, 2.45) is 0 Å². The van der Waals surface area contributed by atoms with Crippen LogP contribution in [0, 0.1) is 12.7 Å². The first-order valence-electron chi connectivity index (χ1n) is 8.70. The molecule has 8 heteroatoms. The first-order chi connectivity index (χ1) is 13.8. The fourth-order valence-corrected chi connectivity index (χ4v) is 4.19. The molecule has 0 aliphatic rings. The lowest BCUT2D eigenvalue weighted by Gasteiger charge is -2.10. The number of anilines is 2. The van der Waals surface area contributed by atoms with Crippen LogP contribution >= 0.6 is 11.8 Å². The molecule has 0 heterocycles. The van der Waals surface area contributed by atoms with E-state index in [4.69, 9.17) is 0 Å². The second kappa shape index (κ2) is 9.11. The predicted octanol–water partition coefficient (Wildman–Crippen LogP) is 4.67. The molecule has 0 aromatic heterocycles. The normalized spacial score (nSPS) is 11.1. The maximum atomic E-state index is 12.9. The summed E-state index contributed by atoms with van der Waals surface area (Å²) in [6.45, 7) is 1.88. The van der Waals surface area contributed by atoms with Gasteiger partial charge < -0.3 is 5.32 Å². The first-order valence-corrected chi connectivity index (χ1v) is 11.2. The molecule has 0 saturated heterocycles. The van der Waals surface area contributed by atoms with E-state index in [-0.39, 0.29) is 22.4 Å². The first kappa shape index (κ1) is 20.9. The molecule has 0 saturated carbocycles. The van der Waals surface area contributed by atoms with Crippen molar-refractivity contribution in [1.82, 2.24) is 0 Å². The van der Waals surface area contributed by atoms with Gasteiger partial charge in [-0.05, 0) is 67.6 Å². The lowest BCUT2D eigenvalue weighted by atomic mass is 10.2. The Morgan fingerprint density at radius 1 is 0.897 bits per heavy atom. The van der Waals surface area contributed by atoms with Crippen molar-refractivity contribution in [2.75, 3.05) is 15.8 Å². The van der Waals surface area contributed by atoms with Crippen LogP contribution in [0.1, 0.15) is 5.56 Å². The number of thioether (sulfide) groups is 1. The number of nitrogens with one attached hydrogen (secondary N) is 2. The summed E-state index contributed by atoms with van der Waals surface area (Å²) in [5, 5.41) is 2.74. The van der Waals surface area contributed by atoms with Gasteiger partial charge in [-0.25, -0.2) is 12.8 Å². The minimum Gasteiger partial charge on any atom is -0.325 e. The van der Waals surface area contributed by atoms with Crippen molar-refractivity contribution in [1.29, 1.82) is 0 Å². The lowest BCUT2D eigenvalue weighted by Crippen LogP contribution is -2.15. The number of hydrogen-bond donors (Lipinski definition) is 2. The number of hydrogen-bond acceptors (Lipinski definition) is 4. The summed E-state index contributed by atoms with van der Waals surface area (Å²) in [5.74, 6) is -0.364. The molecule has 3 rings (SSSR count). The van der Waals surface area contributed by atoms with E-state index in [0.717, 1.165) is 10.5 Å². The van der Waals surface area contributed by atoms with Crippen molar-refractivity contribution in [3.05, 3.63) is 84.2 Å². The molecule has 0 atom stereocenters. The zero-order chi connectivity index (χ0) is 20.9. The largest absolute Gasteiger partial charge is 0.325 e. The molecule has 0 spiro atoms. The van der Waals surface area contributed by atoms with Crippen molar-refractivity contribution >= 4 is 39.1 Å². The summed E-state index contributed by atoms with van der Waals surface area (Å²) in [5.41, 5.74) is 1.92. The molecule has 0 bridgehead atoms. The second-order valence-electron chi connectivity index (χ2n) is 6.29. The third-order valence-corrected chi connectivity index (χ3v) is 6.34. The fourth-order valence-electron chi connectivity index (χ4n) is 2.43. The number of amides is 1. The van der Waals surface area contributed by atoms with Gasteiger partial charge in [0.15, 0.2) is 0 Å². The van der Waals surface area contributed by atoms with E-state index in [0.29, 0.717) is 11.4 Å². The van der Waals surface area contributed by atoms with Crippen molar-refractivity contribution in [3.63, 3.8) is 0 Å². The minimum atomic E-state index is -3.68. The van der Waals surface area contributed by atoms with Gasteiger partial charge in [0.1, 0.15) is 5.82 Å². The summed E-state index contributed by atoms with van der Waals surface area (Å²) >= 11 is 1.30. The Hall–Kier alpha value is -2.84. The average Bonchev–Trinajstić information content (AvgIpc) is 2.69. The van der Waals surface area contributed by atoms with Gasteiger partial charge in [0.2, 0.25) is 5.91 Å². The quantitative estimate of drug-likeness (QED) is 0.535. The van der Waals surface area contributed by atoms with E-state index in [9.17, 15) is 17.6 Å². The third kappa shape index (κ3) is 6.07. The topological polar surface area (TPSA) is 75.3 Å². The Kier molecular flexibility index (Phi) is 6.56. The van der Waals surface area contributed by atoms with E-state index in [1.54, 1.807) is 60.7 Å². The van der Waals surface area contributed by atoms with Crippen LogP contribution in [-0.2, 0) is 14.8 Å². The molecule has 5 nitrogen and oxygen atoms in total. The van der Waals surface area contributed by atoms with Crippen LogP contribution in [0.3, 0.4) is 0 Å². The predicted molar refractivity (Wildman–Crippen MR) is 114 cm³/mol. The highest BCUT2D eigenvalue weighted by Gasteiger charge is 2.13. The summed E-state index contributed by atoms with van der Waals surface area (Å²) in [7, 11) is -3.68. The zero-order valence-electron chi connectivity index (χ0n) is 15.6. The van der Waals surface area contributed by atoms with Crippen LogP contribution < -0.4 is 10.0 Å². The van der Waals surface area contributed by atoms with Crippen LogP contribution in [-0.4, -0.2) is 20.1 Å². The molecule has 3 aromatic carbocycles. The SMILES string of the molecule is Cc1ccc(S(=O)(=O)Nc2ccc(NC(=O)CSc3ccc(F)cc3)cc2)cc1. The van der Waals surface area contributed by atoms with Gasteiger partial charge >= 0.3 is 0 Å². The van der Waals surface area contributed by atoms with Gasteiger partial charge in [-0.2, -0.15) is 0 Å². The Bertz CT molecular complexity index is 1080. The van der Waals surface area contributed by atoms with Gasteiger partial charge in [0, 0.05) is 16.3 Å². The van der Waals surface area contributed by atoms with E-state index < -0.39 is 10.0 Å². The monoisotopic (exact) mass is 430 g/mol. The van der Waals surface area contributed by atoms with Crippen LogP contribution in [0.25, 0.3) is 0 Å². The number of aryl methyl sites for hydroxylation is 1. The maximum Gasteiger partial charge on any atom is 0.261 e. The maximum absolute atomic E-state index is 12.9. The number of sulfonamides is 1. The van der Waals surface area contributed by atoms with Gasteiger partial charge in [-0.1, -0.05) is 17.7 Å². The highest BCUT2D eigenvalue weighted by Crippen LogP contribution is 2.21. The summed E-state index contributed by atoms with van der Waals surface area (Å²) in [4.78, 5) is 13.0. The number of benzene rings is 3. The molecule has 0 unspecified atom stereocenters. The number of halogens is 1.